The first-order chi connectivity index (χ1) is 14.9. The van der Waals surface area contributed by atoms with Crippen molar-refractivity contribution in [3.05, 3.63) is 65.1 Å². The number of ether oxygens (including phenoxy) is 3. The van der Waals surface area contributed by atoms with Gasteiger partial charge in [0.15, 0.2) is 11.5 Å². The number of anilines is 2. The normalized spacial score (nSPS) is 10.5. The first kappa shape index (κ1) is 21.8. The molecule has 0 atom stereocenters. The number of rotatable bonds is 8. The van der Waals surface area contributed by atoms with Gasteiger partial charge in [0.05, 0.1) is 27.8 Å². The Bertz CT molecular complexity index is 1050. The Labute approximate surface area is 179 Å². The van der Waals surface area contributed by atoms with E-state index in [1.807, 2.05) is 12.1 Å². The van der Waals surface area contributed by atoms with Crippen molar-refractivity contribution in [2.75, 3.05) is 32.4 Å². The maximum absolute atomic E-state index is 13.0. The van der Waals surface area contributed by atoms with Gasteiger partial charge in [0.2, 0.25) is 17.6 Å². The van der Waals surface area contributed by atoms with Crippen molar-refractivity contribution < 1.29 is 23.4 Å². The molecule has 0 radical (unpaired) electrons. The fraction of sp³-hybridized carbons (Fsp3) is 0.227. The molecule has 162 valence electrons. The average Bonchev–Trinajstić information content (AvgIpc) is 2.76. The minimum absolute atomic E-state index is 0.0662. The van der Waals surface area contributed by atoms with E-state index in [9.17, 15) is 9.18 Å². The summed E-state index contributed by atoms with van der Waals surface area (Å²) in [5.41, 5.74) is 8.28. The maximum Gasteiger partial charge on any atom is 0.231 e. The summed E-state index contributed by atoms with van der Waals surface area (Å²) < 4.78 is 29.0. The first-order valence-corrected chi connectivity index (χ1v) is 9.38. The van der Waals surface area contributed by atoms with Crippen molar-refractivity contribution >= 4 is 17.7 Å². The van der Waals surface area contributed by atoms with Crippen molar-refractivity contribution in [3.63, 3.8) is 0 Å². The number of hydrogen-bond acceptors (Lipinski definition) is 7. The van der Waals surface area contributed by atoms with Crippen LogP contribution in [0.3, 0.4) is 0 Å². The van der Waals surface area contributed by atoms with Gasteiger partial charge in [-0.1, -0.05) is 12.1 Å². The van der Waals surface area contributed by atoms with Crippen molar-refractivity contribution in [2.24, 2.45) is 0 Å². The zero-order valence-electron chi connectivity index (χ0n) is 17.4. The first-order valence-electron chi connectivity index (χ1n) is 9.38. The summed E-state index contributed by atoms with van der Waals surface area (Å²) in [7, 11) is 4.62. The van der Waals surface area contributed by atoms with E-state index >= 15 is 0 Å². The van der Waals surface area contributed by atoms with Crippen molar-refractivity contribution in [1.29, 1.82) is 0 Å². The third-order valence-electron chi connectivity index (χ3n) is 4.55. The molecule has 0 saturated carbocycles. The molecule has 3 rings (SSSR count). The summed E-state index contributed by atoms with van der Waals surface area (Å²) in [6, 6.07) is 9.33. The van der Waals surface area contributed by atoms with Gasteiger partial charge in [0.25, 0.3) is 0 Å². The highest BCUT2D eigenvalue weighted by Crippen LogP contribution is 2.38. The number of carbonyl (C=O) groups excluding carboxylic acids is 1. The minimum atomic E-state index is -0.358. The summed E-state index contributed by atoms with van der Waals surface area (Å²) >= 11 is 0. The van der Waals surface area contributed by atoms with Gasteiger partial charge in [-0.15, -0.1) is 0 Å². The number of carbonyl (C=O) groups is 1. The fourth-order valence-corrected chi connectivity index (χ4v) is 3.03. The lowest BCUT2D eigenvalue weighted by Crippen LogP contribution is -2.17. The number of amides is 1. The zero-order valence-corrected chi connectivity index (χ0v) is 17.4. The Hall–Kier alpha value is -3.88. The van der Waals surface area contributed by atoms with E-state index in [0.29, 0.717) is 34.8 Å². The summed E-state index contributed by atoms with van der Waals surface area (Å²) in [6.45, 7) is 0. The molecule has 0 saturated heterocycles. The highest BCUT2D eigenvalue weighted by molar-refractivity contribution is 5.90. The Morgan fingerprint density at radius 1 is 1.03 bits per heavy atom. The lowest BCUT2D eigenvalue weighted by Gasteiger charge is -2.14. The van der Waals surface area contributed by atoms with Crippen LogP contribution < -0.4 is 25.3 Å². The number of halogens is 1. The zero-order chi connectivity index (χ0) is 22.4. The average molecular weight is 426 g/mol. The molecular weight excluding hydrogens is 403 g/mol. The van der Waals surface area contributed by atoms with Crippen LogP contribution in [0.4, 0.5) is 16.2 Å². The summed E-state index contributed by atoms with van der Waals surface area (Å²) in [5, 5.41) is 2.60. The molecule has 0 unspecified atom stereocenters. The van der Waals surface area contributed by atoms with Crippen LogP contribution in [0.25, 0.3) is 0 Å². The van der Waals surface area contributed by atoms with Crippen molar-refractivity contribution in [2.45, 2.75) is 12.8 Å². The number of nitrogens with two attached hydrogens (primary N) is 1. The predicted octanol–water partition coefficient (Wildman–Crippen LogP) is 3.00. The van der Waals surface area contributed by atoms with Gasteiger partial charge < -0.3 is 19.9 Å². The smallest absolute Gasteiger partial charge is 0.231 e. The molecule has 0 aliphatic carbocycles. The highest BCUT2D eigenvalue weighted by atomic mass is 19.1. The summed E-state index contributed by atoms with van der Waals surface area (Å²) in [5.74, 6) is 1.20. The van der Waals surface area contributed by atoms with Gasteiger partial charge in [-0.3, -0.25) is 10.1 Å². The van der Waals surface area contributed by atoms with Gasteiger partial charge in [0, 0.05) is 18.2 Å². The van der Waals surface area contributed by atoms with E-state index in [1.54, 1.807) is 32.5 Å². The number of nitrogens with one attached hydrogen (secondary N) is 1. The molecule has 1 amide bonds. The fourth-order valence-electron chi connectivity index (χ4n) is 3.03. The van der Waals surface area contributed by atoms with Crippen LogP contribution in [0.15, 0.2) is 42.6 Å². The van der Waals surface area contributed by atoms with Crippen LogP contribution in [0, 0.1) is 5.82 Å². The molecule has 0 fully saturated rings. The van der Waals surface area contributed by atoms with Crippen LogP contribution in [-0.4, -0.2) is 37.2 Å². The van der Waals surface area contributed by atoms with Crippen LogP contribution >= 0.6 is 0 Å². The van der Waals surface area contributed by atoms with E-state index in [4.69, 9.17) is 19.9 Å². The lowest BCUT2D eigenvalue weighted by atomic mass is 10.1. The van der Waals surface area contributed by atoms with Crippen LogP contribution in [0.1, 0.15) is 16.7 Å². The van der Waals surface area contributed by atoms with Crippen molar-refractivity contribution in [1.82, 2.24) is 9.97 Å². The second-order valence-corrected chi connectivity index (χ2v) is 6.67. The molecular formula is C22H23FN4O4. The predicted molar refractivity (Wildman–Crippen MR) is 114 cm³/mol. The van der Waals surface area contributed by atoms with Gasteiger partial charge in [0.1, 0.15) is 11.6 Å². The number of methoxy groups -OCH3 is 3. The molecule has 0 aliphatic heterocycles. The highest BCUT2D eigenvalue weighted by Gasteiger charge is 2.15. The molecule has 31 heavy (non-hydrogen) atoms. The topological polar surface area (TPSA) is 109 Å². The SMILES string of the molecule is COc1cc(Cc2cnc(NC(=O)Cc3ccc(F)cc3)nc2N)cc(OC)c1OC. The van der Waals surface area contributed by atoms with E-state index in [0.717, 1.165) is 5.56 Å². The molecule has 8 nitrogen and oxygen atoms in total. The van der Waals surface area contributed by atoms with E-state index in [2.05, 4.69) is 15.3 Å². The molecule has 1 aromatic heterocycles. The molecule has 9 heteroatoms. The van der Waals surface area contributed by atoms with Crippen LogP contribution in [-0.2, 0) is 17.6 Å². The number of hydrogen-bond donors (Lipinski definition) is 2. The number of nitrogen functional groups attached to an aromatic ring is 1. The third-order valence-corrected chi connectivity index (χ3v) is 4.55. The van der Waals surface area contributed by atoms with E-state index < -0.39 is 0 Å². The quantitative estimate of drug-likeness (QED) is 0.570. The van der Waals surface area contributed by atoms with Crippen LogP contribution in [0.2, 0.25) is 0 Å². The second-order valence-electron chi connectivity index (χ2n) is 6.67. The molecule has 2 aromatic carbocycles. The van der Waals surface area contributed by atoms with E-state index in [-0.39, 0.29) is 29.9 Å². The molecule has 3 N–H and O–H groups in total. The molecule has 0 aliphatic rings. The second kappa shape index (κ2) is 9.75. The number of benzene rings is 2. The van der Waals surface area contributed by atoms with Crippen LogP contribution in [0.5, 0.6) is 17.2 Å². The Morgan fingerprint density at radius 2 is 1.68 bits per heavy atom. The maximum atomic E-state index is 13.0. The Balaban J connectivity index is 1.72. The third kappa shape index (κ3) is 5.39. The molecule has 1 heterocycles. The standard InChI is InChI=1S/C22H23FN4O4/c1-29-17-9-14(10-18(30-2)20(17)31-3)8-15-12-25-22(27-21(15)24)26-19(28)11-13-4-6-16(23)7-5-13/h4-7,9-10,12H,8,11H2,1-3H3,(H3,24,25,26,27,28). The molecule has 0 spiro atoms. The van der Waals surface area contributed by atoms with Gasteiger partial charge in [-0.2, -0.15) is 4.98 Å². The summed E-state index contributed by atoms with van der Waals surface area (Å²) in [6.07, 6.45) is 2.04. The Kier molecular flexibility index (Phi) is 6.86. The van der Waals surface area contributed by atoms with Crippen molar-refractivity contribution in [3.8, 4) is 17.2 Å². The van der Waals surface area contributed by atoms with Gasteiger partial charge in [-0.05, 0) is 35.4 Å². The molecule has 0 bridgehead atoms. The summed E-state index contributed by atoms with van der Waals surface area (Å²) in [4.78, 5) is 20.5. The Morgan fingerprint density at radius 3 is 2.23 bits per heavy atom. The lowest BCUT2D eigenvalue weighted by molar-refractivity contribution is -0.115. The van der Waals surface area contributed by atoms with Gasteiger partial charge >= 0.3 is 0 Å². The van der Waals surface area contributed by atoms with Gasteiger partial charge in [-0.25, -0.2) is 9.37 Å². The van der Waals surface area contributed by atoms with E-state index in [1.165, 1.54) is 19.2 Å². The number of nitrogens with zero attached hydrogens (tertiary/aromatic N) is 2. The minimum Gasteiger partial charge on any atom is -0.493 e. The number of aromatic nitrogens is 2. The largest absolute Gasteiger partial charge is 0.493 e. The monoisotopic (exact) mass is 426 g/mol. The molecule has 3 aromatic rings.